The summed E-state index contributed by atoms with van der Waals surface area (Å²) in [6, 6.07) is 7.19. The van der Waals surface area contributed by atoms with Crippen molar-refractivity contribution in [1.82, 2.24) is 0 Å². The number of hydrogen-bond acceptors (Lipinski definition) is 5. The normalized spacial score (nSPS) is 14.1. The van der Waals surface area contributed by atoms with Crippen molar-refractivity contribution in [3.63, 3.8) is 0 Å². The molecule has 27 heavy (non-hydrogen) atoms. The lowest BCUT2D eigenvalue weighted by Gasteiger charge is -2.30. The van der Waals surface area contributed by atoms with Gasteiger partial charge in [0.2, 0.25) is 0 Å². The first-order valence-corrected chi connectivity index (χ1v) is 11.3. The van der Waals surface area contributed by atoms with Crippen LogP contribution in [-0.2, 0) is 26.0 Å². The van der Waals surface area contributed by atoms with Gasteiger partial charge in [-0.15, -0.1) is 0 Å². The van der Waals surface area contributed by atoms with E-state index >= 15 is 0 Å². The third-order valence-corrected chi connectivity index (χ3v) is 5.36. The molecule has 0 saturated heterocycles. The number of benzene rings is 1. The van der Waals surface area contributed by atoms with Gasteiger partial charge < -0.3 is 14.2 Å². The van der Waals surface area contributed by atoms with Gasteiger partial charge in [0.25, 0.3) is 0 Å². The molecule has 7 heteroatoms. The van der Waals surface area contributed by atoms with Gasteiger partial charge in [0.05, 0.1) is 0 Å². The Morgan fingerprint density at radius 1 is 0.926 bits per heavy atom. The topological polar surface area (TPSA) is 82.1 Å². The fourth-order valence-corrected chi connectivity index (χ4v) is 3.46. The Balaban J connectivity index is 2.71. The Morgan fingerprint density at radius 3 is 2.11 bits per heavy atom. The maximum atomic E-state index is 11.9. The summed E-state index contributed by atoms with van der Waals surface area (Å²) in [4.78, 5) is 0. The Morgan fingerprint density at radius 2 is 1.56 bits per heavy atom. The van der Waals surface area contributed by atoms with E-state index in [1.54, 1.807) is 26.0 Å². The lowest BCUT2D eigenvalue weighted by atomic mass is 10.0. The summed E-state index contributed by atoms with van der Waals surface area (Å²) in [6.07, 6.45) is 8.40. The van der Waals surface area contributed by atoms with Crippen molar-refractivity contribution in [3.8, 4) is 5.75 Å². The fraction of sp³-hybridized carbons (Fsp3) is 0.700. The second kappa shape index (κ2) is 12.3. The molecule has 1 N–H and O–H groups in total. The van der Waals surface area contributed by atoms with E-state index in [4.69, 9.17) is 14.2 Å². The smallest absolute Gasteiger partial charge is 0.364 e. The van der Waals surface area contributed by atoms with Crippen LogP contribution in [0.5, 0.6) is 5.75 Å². The van der Waals surface area contributed by atoms with E-state index in [2.05, 4.69) is 6.92 Å². The first kappa shape index (κ1) is 23.9. The minimum absolute atomic E-state index is 0.0446. The first-order chi connectivity index (χ1) is 12.9. The summed E-state index contributed by atoms with van der Waals surface area (Å²) in [5.74, 6) is 0.299. The predicted octanol–water partition coefficient (Wildman–Crippen LogP) is 4.58. The molecule has 1 unspecified atom stereocenters. The maximum Gasteiger partial charge on any atom is 0.364 e. The van der Waals surface area contributed by atoms with E-state index in [1.165, 1.54) is 32.1 Å². The molecule has 1 atom stereocenters. The van der Waals surface area contributed by atoms with E-state index in [1.807, 2.05) is 12.1 Å². The standard InChI is InChI=1S/C20H34O6S/c1-4-7-8-9-10-11-12-18-13-15-19(16-14-18)26-20(25-6-3,17-24-5-2)27(21,22)23/h13-16H,4-12,17H2,1-3H3,(H,21,22,23). The molecule has 0 amide bonds. The van der Waals surface area contributed by atoms with E-state index in [0.29, 0.717) is 5.75 Å². The minimum Gasteiger partial charge on any atom is -0.445 e. The van der Waals surface area contributed by atoms with Gasteiger partial charge in [-0.25, -0.2) is 0 Å². The van der Waals surface area contributed by atoms with Crippen LogP contribution in [0, 0.1) is 0 Å². The molecule has 0 radical (unpaired) electrons. The summed E-state index contributed by atoms with van der Waals surface area (Å²) in [5.41, 5.74) is 1.16. The lowest BCUT2D eigenvalue weighted by molar-refractivity contribution is -0.155. The van der Waals surface area contributed by atoms with Gasteiger partial charge in [-0.2, -0.15) is 8.42 Å². The molecule has 0 aliphatic rings. The average molecular weight is 403 g/mol. The fourth-order valence-electron chi connectivity index (χ4n) is 2.76. The highest BCUT2D eigenvalue weighted by molar-refractivity contribution is 7.87. The summed E-state index contributed by atoms with van der Waals surface area (Å²) in [7, 11) is -4.66. The number of aryl methyl sites for hydroxylation is 1. The molecule has 0 spiro atoms. The Bertz CT molecular complexity index is 614. The highest BCUT2D eigenvalue weighted by Gasteiger charge is 2.48. The van der Waals surface area contributed by atoms with Crippen molar-refractivity contribution >= 4 is 10.1 Å². The molecule has 0 aromatic heterocycles. The molecule has 1 aromatic carbocycles. The van der Waals surface area contributed by atoms with Crippen molar-refractivity contribution in [2.24, 2.45) is 0 Å². The van der Waals surface area contributed by atoms with Crippen LogP contribution < -0.4 is 4.74 Å². The van der Waals surface area contributed by atoms with Gasteiger partial charge in [-0.05, 0) is 44.4 Å². The third kappa shape index (κ3) is 8.17. The highest BCUT2D eigenvalue weighted by Crippen LogP contribution is 2.26. The Hall–Kier alpha value is -1.15. The first-order valence-electron chi connectivity index (χ1n) is 9.85. The summed E-state index contributed by atoms with van der Waals surface area (Å²) in [6.45, 7) is 5.44. The summed E-state index contributed by atoms with van der Waals surface area (Å²) < 4.78 is 49.4. The van der Waals surface area contributed by atoms with Gasteiger partial charge in [-0.3, -0.25) is 4.55 Å². The van der Waals surface area contributed by atoms with Crippen LogP contribution >= 0.6 is 0 Å². The highest BCUT2D eigenvalue weighted by atomic mass is 32.2. The SMILES string of the molecule is CCCCCCCCc1ccc(OC(COCC)(OCC)S(=O)(=O)O)cc1. The molecule has 0 aliphatic carbocycles. The largest absolute Gasteiger partial charge is 0.445 e. The van der Waals surface area contributed by atoms with E-state index in [9.17, 15) is 13.0 Å². The van der Waals surface area contributed by atoms with Gasteiger partial charge in [0.1, 0.15) is 12.4 Å². The monoisotopic (exact) mass is 402 g/mol. The number of unbranched alkanes of at least 4 members (excludes halogenated alkanes) is 5. The predicted molar refractivity (Wildman–Crippen MR) is 107 cm³/mol. The van der Waals surface area contributed by atoms with Crippen LogP contribution in [0.15, 0.2) is 24.3 Å². The van der Waals surface area contributed by atoms with Crippen LogP contribution in [0.2, 0.25) is 0 Å². The molecule has 0 bridgehead atoms. The minimum atomic E-state index is -4.66. The van der Waals surface area contributed by atoms with Crippen LogP contribution in [-0.4, -0.2) is 37.9 Å². The summed E-state index contributed by atoms with van der Waals surface area (Å²) in [5, 5.41) is -2.27. The van der Waals surface area contributed by atoms with Gasteiger partial charge in [-0.1, -0.05) is 51.2 Å². The molecule has 1 aromatic rings. The van der Waals surface area contributed by atoms with Crippen molar-refractivity contribution in [1.29, 1.82) is 0 Å². The van der Waals surface area contributed by atoms with Gasteiger partial charge >= 0.3 is 15.2 Å². The van der Waals surface area contributed by atoms with E-state index < -0.39 is 21.8 Å². The molecule has 0 saturated carbocycles. The van der Waals surface area contributed by atoms with Crippen molar-refractivity contribution in [2.75, 3.05) is 19.8 Å². The molecule has 6 nitrogen and oxygen atoms in total. The zero-order valence-corrected chi connectivity index (χ0v) is 17.6. The number of hydrogen-bond donors (Lipinski definition) is 1. The molecule has 1 rings (SSSR count). The zero-order valence-electron chi connectivity index (χ0n) is 16.8. The quantitative estimate of drug-likeness (QED) is 0.263. The van der Waals surface area contributed by atoms with Gasteiger partial charge in [0.15, 0.2) is 0 Å². The van der Waals surface area contributed by atoms with E-state index in [0.717, 1.165) is 18.4 Å². The number of ether oxygens (including phenoxy) is 3. The van der Waals surface area contributed by atoms with Crippen molar-refractivity contribution in [2.45, 2.75) is 70.8 Å². The molecule has 0 heterocycles. The Kier molecular flexibility index (Phi) is 10.9. The third-order valence-electron chi connectivity index (χ3n) is 4.26. The zero-order chi connectivity index (χ0) is 20.2. The maximum absolute atomic E-state index is 11.9. The Labute approximate surface area is 164 Å². The lowest BCUT2D eigenvalue weighted by Crippen LogP contribution is -2.51. The van der Waals surface area contributed by atoms with Crippen molar-refractivity contribution < 1.29 is 27.2 Å². The van der Waals surface area contributed by atoms with Crippen LogP contribution in [0.4, 0.5) is 0 Å². The van der Waals surface area contributed by atoms with Crippen LogP contribution in [0.25, 0.3) is 0 Å². The van der Waals surface area contributed by atoms with E-state index in [-0.39, 0.29) is 13.2 Å². The second-order valence-corrected chi connectivity index (χ2v) is 8.06. The second-order valence-electron chi connectivity index (χ2n) is 6.49. The molecular formula is C20H34O6S. The van der Waals surface area contributed by atoms with Gasteiger partial charge in [0, 0.05) is 13.2 Å². The average Bonchev–Trinajstić information content (AvgIpc) is 2.63. The van der Waals surface area contributed by atoms with Crippen LogP contribution in [0.3, 0.4) is 0 Å². The molecular weight excluding hydrogens is 368 g/mol. The molecule has 156 valence electrons. The van der Waals surface area contributed by atoms with Crippen LogP contribution in [0.1, 0.15) is 64.9 Å². The van der Waals surface area contributed by atoms with Crippen molar-refractivity contribution in [3.05, 3.63) is 29.8 Å². The summed E-state index contributed by atoms with van der Waals surface area (Å²) >= 11 is 0. The molecule has 0 aliphatic heterocycles. The molecule has 0 fully saturated rings. The number of rotatable bonds is 15.